The number of carbonyl (C=O) groups is 3. The van der Waals surface area contributed by atoms with E-state index in [0.29, 0.717) is 18.7 Å². The second kappa shape index (κ2) is 10.2. The molecule has 1 heterocycles. The van der Waals surface area contributed by atoms with Crippen LogP contribution in [-0.2, 0) is 20.9 Å². The van der Waals surface area contributed by atoms with Crippen LogP contribution in [0, 0.1) is 11.8 Å². The normalized spacial score (nSPS) is 16.6. The minimum absolute atomic E-state index is 0.0303. The summed E-state index contributed by atoms with van der Waals surface area (Å²) in [5.74, 6) is -1.77. The molecule has 1 aromatic carbocycles. The Morgan fingerprint density at radius 3 is 2.50 bits per heavy atom. The predicted molar refractivity (Wildman–Crippen MR) is 105 cm³/mol. The van der Waals surface area contributed by atoms with Crippen molar-refractivity contribution in [2.75, 3.05) is 19.7 Å². The van der Waals surface area contributed by atoms with Gasteiger partial charge in [0.05, 0.1) is 12.5 Å². The van der Waals surface area contributed by atoms with E-state index in [9.17, 15) is 19.5 Å². The minimum Gasteiger partial charge on any atom is -0.480 e. The standard InChI is InChI=1S/C21H30N2O5/c1-4-28-21(27)16-8-10-23(11-9-16)13-15-6-5-7-17(12-15)19(24)22-18(14(2)3)20(25)26/h5-7,12,14,16,18H,4,8-11,13H2,1-3H3,(H,22,24)(H,25,26)/t18-/m0/s1. The fraction of sp³-hybridized carbons (Fsp3) is 0.571. The Morgan fingerprint density at radius 1 is 1.25 bits per heavy atom. The van der Waals surface area contributed by atoms with Gasteiger partial charge in [-0.3, -0.25) is 14.5 Å². The Morgan fingerprint density at radius 2 is 1.93 bits per heavy atom. The lowest BCUT2D eigenvalue weighted by Gasteiger charge is -2.30. The fourth-order valence-corrected chi connectivity index (χ4v) is 3.39. The number of ether oxygens (including phenoxy) is 1. The van der Waals surface area contributed by atoms with Gasteiger partial charge in [-0.15, -0.1) is 0 Å². The summed E-state index contributed by atoms with van der Waals surface area (Å²) >= 11 is 0. The van der Waals surface area contributed by atoms with Gasteiger partial charge in [0.1, 0.15) is 6.04 Å². The maximum absolute atomic E-state index is 12.4. The monoisotopic (exact) mass is 390 g/mol. The van der Waals surface area contributed by atoms with E-state index in [0.717, 1.165) is 31.5 Å². The van der Waals surface area contributed by atoms with Gasteiger partial charge >= 0.3 is 11.9 Å². The number of amides is 1. The summed E-state index contributed by atoms with van der Waals surface area (Å²) in [6, 6.07) is 6.32. The Bertz CT molecular complexity index is 696. The highest BCUT2D eigenvalue weighted by atomic mass is 16.5. The lowest BCUT2D eigenvalue weighted by molar-refractivity contribution is -0.149. The molecule has 2 rings (SSSR count). The van der Waals surface area contributed by atoms with E-state index in [1.165, 1.54) is 0 Å². The van der Waals surface area contributed by atoms with Gasteiger partial charge in [-0.2, -0.15) is 0 Å². The van der Waals surface area contributed by atoms with Gasteiger partial charge in [-0.1, -0.05) is 26.0 Å². The molecule has 1 aliphatic heterocycles. The quantitative estimate of drug-likeness (QED) is 0.661. The third-order valence-corrected chi connectivity index (χ3v) is 5.02. The molecule has 0 aliphatic carbocycles. The average Bonchev–Trinajstić information content (AvgIpc) is 2.66. The van der Waals surface area contributed by atoms with Crippen molar-refractivity contribution in [3.63, 3.8) is 0 Å². The van der Waals surface area contributed by atoms with Crippen molar-refractivity contribution in [1.82, 2.24) is 10.2 Å². The second-order valence-corrected chi connectivity index (χ2v) is 7.54. The molecule has 1 aromatic rings. The number of nitrogens with zero attached hydrogens (tertiary/aromatic N) is 1. The Hall–Kier alpha value is -2.41. The zero-order valence-electron chi connectivity index (χ0n) is 16.8. The molecule has 154 valence electrons. The van der Waals surface area contributed by atoms with Crippen molar-refractivity contribution in [3.8, 4) is 0 Å². The van der Waals surface area contributed by atoms with Crippen LogP contribution in [0.4, 0.5) is 0 Å². The molecule has 1 atom stereocenters. The summed E-state index contributed by atoms with van der Waals surface area (Å²) in [7, 11) is 0. The Kier molecular flexibility index (Phi) is 7.99. The fourth-order valence-electron chi connectivity index (χ4n) is 3.39. The summed E-state index contributed by atoms with van der Waals surface area (Å²) in [5, 5.41) is 11.8. The van der Waals surface area contributed by atoms with Crippen LogP contribution < -0.4 is 5.32 Å². The van der Waals surface area contributed by atoms with Crippen LogP contribution in [0.3, 0.4) is 0 Å². The van der Waals surface area contributed by atoms with Crippen molar-refractivity contribution in [2.45, 2.75) is 46.2 Å². The highest BCUT2D eigenvalue weighted by molar-refractivity contribution is 5.96. The number of esters is 1. The van der Waals surface area contributed by atoms with Gasteiger partial charge < -0.3 is 15.2 Å². The maximum atomic E-state index is 12.4. The van der Waals surface area contributed by atoms with E-state index >= 15 is 0 Å². The third-order valence-electron chi connectivity index (χ3n) is 5.02. The second-order valence-electron chi connectivity index (χ2n) is 7.54. The SMILES string of the molecule is CCOC(=O)C1CCN(Cc2cccc(C(=O)N[C@H](C(=O)O)C(C)C)c2)CC1. The van der Waals surface area contributed by atoms with E-state index in [-0.39, 0.29) is 23.7 Å². The van der Waals surface area contributed by atoms with E-state index in [4.69, 9.17) is 4.74 Å². The number of carboxylic acid groups (broad SMARTS) is 1. The van der Waals surface area contributed by atoms with Crippen molar-refractivity contribution in [1.29, 1.82) is 0 Å². The van der Waals surface area contributed by atoms with Crippen molar-refractivity contribution >= 4 is 17.8 Å². The first-order valence-electron chi connectivity index (χ1n) is 9.83. The van der Waals surface area contributed by atoms with Crippen LogP contribution in [-0.4, -0.2) is 53.6 Å². The van der Waals surface area contributed by atoms with Crippen LogP contribution in [0.25, 0.3) is 0 Å². The molecule has 0 unspecified atom stereocenters. The summed E-state index contributed by atoms with van der Waals surface area (Å²) < 4.78 is 5.10. The smallest absolute Gasteiger partial charge is 0.326 e. The van der Waals surface area contributed by atoms with Crippen LogP contribution in [0.2, 0.25) is 0 Å². The number of rotatable bonds is 8. The van der Waals surface area contributed by atoms with Gasteiger partial charge in [-0.05, 0) is 56.5 Å². The number of carboxylic acids is 1. The molecule has 0 aromatic heterocycles. The van der Waals surface area contributed by atoms with Crippen molar-refractivity contribution < 1.29 is 24.2 Å². The Labute approximate surface area is 166 Å². The molecular formula is C21H30N2O5. The predicted octanol–water partition coefficient (Wildman–Crippen LogP) is 2.30. The van der Waals surface area contributed by atoms with Gasteiger partial charge in [0, 0.05) is 12.1 Å². The maximum Gasteiger partial charge on any atom is 0.326 e. The van der Waals surface area contributed by atoms with E-state index in [1.54, 1.807) is 32.0 Å². The van der Waals surface area contributed by atoms with Gasteiger partial charge in [-0.25, -0.2) is 4.79 Å². The molecule has 1 aliphatic rings. The lowest BCUT2D eigenvalue weighted by Crippen LogP contribution is -2.44. The van der Waals surface area contributed by atoms with Crippen LogP contribution in [0.5, 0.6) is 0 Å². The van der Waals surface area contributed by atoms with E-state index in [2.05, 4.69) is 10.2 Å². The Balaban J connectivity index is 1.94. The summed E-state index contributed by atoms with van der Waals surface area (Å²) in [6.45, 7) is 8.03. The first-order valence-corrected chi connectivity index (χ1v) is 9.83. The number of piperidine rings is 1. The number of nitrogens with one attached hydrogen (secondary N) is 1. The van der Waals surface area contributed by atoms with Crippen molar-refractivity contribution in [3.05, 3.63) is 35.4 Å². The average molecular weight is 390 g/mol. The topological polar surface area (TPSA) is 95.9 Å². The molecule has 7 nitrogen and oxygen atoms in total. The highest BCUT2D eigenvalue weighted by Crippen LogP contribution is 2.20. The molecule has 1 amide bonds. The summed E-state index contributed by atoms with van der Waals surface area (Å²) in [4.78, 5) is 37.8. The molecule has 2 N–H and O–H groups in total. The molecule has 1 saturated heterocycles. The molecule has 0 radical (unpaired) electrons. The molecule has 28 heavy (non-hydrogen) atoms. The molecule has 0 spiro atoms. The van der Waals surface area contributed by atoms with E-state index in [1.807, 2.05) is 13.0 Å². The molecule has 0 saturated carbocycles. The number of benzene rings is 1. The van der Waals surface area contributed by atoms with Gasteiger partial charge in [0.15, 0.2) is 0 Å². The zero-order chi connectivity index (χ0) is 20.7. The zero-order valence-corrected chi connectivity index (χ0v) is 16.8. The summed E-state index contributed by atoms with van der Waals surface area (Å²) in [5.41, 5.74) is 1.43. The minimum atomic E-state index is -1.04. The molecule has 1 fully saturated rings. The van der Waals surface area contributed by atoms with Gasteiger partial charge in [0.2, 0.25) is 0 Å². The largest absolute Gasteiger partial charge is 0.480 e. The first kappa shape index (κ1) is 21.9. The number of hydrogen-bond donors (Lipinski definition) is 2. The number of carbonyl (C=O) groups excluding carboxylic acids is 2. The molecule has 7 heteroatoms. The van der Waals surface area contributed by atoms with Crippen molar-refractivity contribution in [2.24, 2.45) is 11.8 Å². The lowest BCUT2D eigenvalue weighted by atomic mass is 9.96. The van der Waals surface area contributed by atoms with E-state index < -0.39 is 12.0 Å². The first-order chi connectivity index (χ1) is 13.3. The van der Waals surface area contributed by atoms with Crippen LogP contribution >= 0.6 is 0 Å². The third kappa shape index (κ3) is 6.05. The van der Waals surface area contributed by atoms with Gasteiger partial charge in [0.25, 0.3) is 5.91 Å². The highest BCUT2D eigenvalue weighted by Gasteiger charge is 2.26. The number of hydrogen-bond acceptors (Lipinski definition) is 5. The van der Waals surface area contributed by atoms with Crippen LogP contribution in [0.15, 0.2) is 24.3 Å². The number of likely N-dealkylation sites (tertiary alicyclic amines) is 1. The number of aliphatic carboxylic acids is 1. The van der Waals surface area contributed by atoms with Crippen LogP contribution in [0.1, 0.15) is 49.5 Å². The summed E-state index contributed by atoms with van der Waals surface area (Å²) in [6.07, 6.45) is 1.54. The molecular weight excluding hydrogens is 360 g/mol. The molecule has 0 bridgehead atoms.